The lowest BCUT2D eigenvalue weighted by Crippen LogP contribution is -2.16. The molecule has 1 aromatic heterocycles. The summed E-state index contributed by atoms with van der Waals surface area (Å²) in [5.41, 5.74) is 1.12. The molecule has 1 aromatic carbocycles. The zero-order chi connectivity index (χ0) is 12.1. The average molecular weight is 298 g/mol. The van der Waals surface area contributed by atoms with Gasteiger partial charge in [-0.3, -0.25) is 0 Å². The Morgan fingerprint density at radius 1 is 1.18 bits per heavy atom. The minimum atomic E-state index is -0.193. The van der Waals surface area contributed by atoms with Crippen LogP contribution in [0.3, 0.4) is 0 Å². The van der Waals surface area contributed by atoms with Gasteiger partial charge in [0.1, 0.15) is 11.6 Å². The van der Waals surface area contributed by atoms with Gasteiger partial charge >= 0.3 is 0 Å². The summed E-state index contributed by atoms with van der Waals surface area (Å²) in [6.07, 6.45) is 2.53. The zero-order valence-electron chi connectivity index (χ0n) is 9.25. The van der Waals surface area contributed by atoms with E-state index < -0.39 is 0 Å². The first-order valence-electron chi connectivity index (χ1n) is 5.43. The quantitative estimate of drug-likeness (QED) is 0.855. The average Bonchev–Trinajstić information content (AvgIpc) is 2.73. The number of furan rings is 1. The van der Waals surface area contributed by atoms with Gasteiger partial charge in [-0.05, 0) is 52.7 Å². The predicted octanol–water partition coefficient (Wildman–Crippen LogP) is 3.51. The summed E-state index contributed by atoms with van der Waals surface area (Å²) >= 11 is 3.40. The van der Waals surface area contributed by atoms with Crippen molar-refractivity contribution in [3.8, 4) is 0 Å². The summed E-state index contributed by atoms with van der Waals surface area (Å²) in [6, 6.07) is 8.45. The van der Waals surface area contributed by atoms with E-state index >= 15 is 0 Å². The molecule has 0 unspecified atom stereocenters. The van der Waals surface area contributed by atoms with E-state index in [0.29, 0.717) is 6.54 Å². The minimum Gasteiger partial charge on any atom is -0.467 e. The van der Waals surface area contributed by atoms with Gasteiger partial charge in [0.2, 0.25) is 0 Å². The van der Waals surface area contributed by atoms with Crippen LogP contribution in [0, 0.1) is 5.82 Å². The molecule has 0 fully saturated rings. The fraction of sp³-hybridized carbons (Fsp3) is 0.231. The molecule has 0 aliphatic heterocycles. The van der Waals surface area contributed by atoms with Crippen LogP contribution in [0.25, 0.3) is 0 Å². The van der Waals surface area contributed by atoms with Crippen molar-refractivity contribution in [3.05, 3.63) is 58.2 Å². The predicted molar refractivity (Wildman–Crippen MR) is 68.2 cm³/mol. The number of rotatable bonds is 5. The second-order valence-corrected chi connectivity index (χ2v) is 4.60. The minimum absolute atomic E-state index is 0.193. The molecule has 0 aliphatic rings. The Kier molecular flexibility index (Phi) is 4.34. The highest BCUT2D eigenvalue weighted by atomic mass is 79.9. The standard InChI is InChI=1S/C13H13BrFNO/c14-12-6-8-17-13(12)9-16-7-5-10-1-3-11(15)4-2-10/h1-4,6,8,16H,5,7,9H2. The maximum atomic E-state index is 12.7. The molecule has 4 heteroatoms. The van der Waals surface area contributed by atoms with Crippen molar-refractivity contribution in [1.29, 1.82) is 0 Å². The molecule has 0 amide bonds. The van der Waals surface area contributed by atoms with Crippen LogP contribution in [0.4, 0.5) is 4.39 Å². The van der Waals surface area contributed by atoms with Crippen LogP contribution < -0.4 is 5.32 Å². The van der Waals surface area contributed by atoms with E-state index in [1.165, 1.54) is 12.1 Å². The third-order valence-corrected chi connectivity index (χ3v) is 3.19. The summed E-state index contributed by atoms with van der Waals surface area (Å²) < 4.78 is 18.9. The van der Waals surface area contributed by atoms with Crippen molar-refractivity contribution in [3.63, 3.8) is 0 Å². The van der Waals surface area contributed by atoms with Crippen molar-refractivity contribution in [2.24, 2.45) is 0 Å². The first-order chi connectivity index (χ1) is 8.25. The van der Waals surface area contributed by atoms with Crippen LogP contribution >= 0.6 is 15.9 Å². The second kappa shape index (κ2) is 5.98. The zero-order valence-corrected chi connectivity index (χ0v) is 10.8. The van der Waals surface area contributed by atoms with Crippen molar-refractivity contribution >= 4 is 15.9 Å². The van der Waals surface area contributed by atoms with Crippen molar-refractivity contribution in [1.82, 2.24) is 5.32 Å². The number of benzene rings is 1. The van der Waals surface area contributed by atoms with E-state index in [-0.39, 0.29) is 5.82 Å². The maximum Gasteiger partial charge on any atom is 0.131 e. The molecule has 2 nitrogen and oxygen atoms in total. The Morgan fingerprint density at radius 3 is 2.59 bits per heavy atom. The number of halogens is 2. The van der Waals surface area contributed by atoms with E-state index in [4.69, 9.17) is 4.42 Å². The summed E-state index contributed by atoms with van der Waals surface area (Å²) in [6.45, 7) is 1.52. The number of hydrogen-bond donors (Lipinski definition) is 1. The normalized spacial score (nSPS) is 10.7. The van der Waals surface area contributed by atoms with E-state index in [1.807, 2.05) is 6.07 Å². The van der Waals surface area contributed by atoms with Crippen molar-refractivity contribution in [2.75, 3.05) is 6.54 Å². The summed E-state index contributed by atoms with van der Waals surface area (Å²) in [5.74, 6) is 0.699. The van der Waals surface area contributed by atoms with E-state index in [2.05, 4.69) is 21.2 Å². The topological polar surface area (TPSA) is 25.2 Å². The largest absolute Gasteiger partial charge is 0.467 e. The maximum absolute atomic E-state index is 12.7. The molecule has 0 radical (unpaired) electrons. The lowest BCUT2D eigenvalue weighted by molar-refractivity contribution is 0.482. The molecule has 1 heterocycles. The van der Waals surface area contributed by atoms with Gasteiger partial charge in [0.15, 0.2) is 0 Å². The van der Waals surface area contributed by atoms with Gasteiger partial charge < -0.3 is 9.73 Å². The first-order valence-corrected chi connectivity index (χ1v) is 6.22. The smallest absolute Gasteiger partial charge is 0.131 e. The van der Waals surface area contributed by atoms with Gasteiger partial charge in [-0.25, -0.2) is 4.39 Å². The van der Waals surface area contributed by atoms with Crippen LogP contribution in [0.15, 0.2) is 45.5 Å². The van der Waals surface area contributed by atoms with Gasteiger partial charge in [-0.2, -0.15) is 0 Å². The molecule has 0 saturated carbocycles. The van der Waals surface area contributed by atoms with Gasteiger partial charge in [0, 0.05) is 0 Å². The van der Waals surface area contributed by atoms with E-state index in [1.54, 1.807) is 18.4 Å². The molecule has 0 bridgehead atoms. The van der Waals surface area contributed by atoms with Gasteiger partial charge in [0.25, 0.3) is 0 Å². The molecule has 2 rings (SSSR count). The number of nitrogens with one attached hydrogen (secondary N) is 1. The number of hydrogen-bond acceptors (Lipinski definition) is 2. The van der Waals surface area contributed by atoms with Gasteiger partial charge in [0.05, 0.1) is 17.3 Å². The molecule has 2 aromatic rings. The molecule has 17 heavy (non-hydrogen) atoms. The molecule has 1 N–H and O–H groups in total. The highest BCUT2D eigenvalue weighted by Gasteiger charge is 2.02. The van der Waals surface area contributed by atoms with Crippen LogP contribution in [0.1, 0.15) is 11.3 Å². The Bertz CT molecular complexity index is 467. The molecule has 0 saturated heterocycles. The van der Waals surface area contributed by atoms with Gasteiger partial charge in [-0.1, -0.05) is 12.1 Å². The summed E-state index contributed by atoms with van der Waals surface area (Å²) in [4.78, 5) is 0. The van der Waals surface area contributed by atoms with E-state index in [9.17, 15) is 4.39 Å². The fourth-order valence-electron chi connectivity index (χ4n) is 1.54. The van der Waals surface area contributed by atoms with Crippen LogP contribution in [0.5, 0.6) is 0 Å². The monoisotopic (exact) mass is 297 g/mol. The Morgan fingerprint density at radius 2 is 1.94 bits per heavy atom. The highest BCUT2D eigenvalue weighted by Crippen LogP contribution is 2.16. The second-order valence-electron chi connectivity index (χ2n) is 3.74. The summed E-state index contributed by atoms with van der Waals surface area (Å²) in [7, 11) is 0. The Balaban J connectivity index is 1.73. The van der Waals surface area contributed by atoms with Crippen molar-refractivity contribution in [2.45, 2.75) is 13.0 Å². The van der Waals surface area contributed by atoms with Crippen LogP contribution in [0.2, 0.25) is 0 Å². The molecule has 0 spiro atoms. The van der Waals surface area contributed by atoms with Gasteiger partial charge in [-0.15, -0.1) is 0 Å². The third-order valence-electron chi connectivity index (χ3n) is 2.48. The molecule has 90 valence electrons. The first kappa shape index (κ1) is 12.3. The Labute approximate surface area is 108 Å². The highest BCUT2D eigenvalue weighted by molar-refractivity contribution is 9.10. The lowest BCUT2D eigenvalue weighted by Gasteiger charge is -2.03. The molecular formula is C13H13BrFNO. The molecular weight excluding hydrogens is 285 g/mol. The lowest BCUT2D eigenvalue weighted by atomic mass is 10.1. The Hall–Kier alpha value is -1.13. The van der Waals surface area contributed by atoms with E-state index in [0.717, 1.165) is 28.8 Å². The van der Waals surface area contributed by atoms with Crippen LogP contribution in [-0.2, 0) is 13.0 Å². The molecule has 0 aliphatic carbocycles. The SMILES string of the molecule is Fc1ccc(CCNCc2occc2Br)cc1. The third kappa shape index (κ3) is 3.68. The summed E-state index contributed by atoms with van der Waals surface area (Å²) in [5, 5.41) is 3.27. The van der Waals surface area contributed by atoms with Crippen molar-refractivity contribution < 1.29 is 8.81 Å². The molecule has 0 atom stereocenters. The fourth-order valence-corrected chi connectivity index (χ4v) is 1.88. The van der Waals surface area contributed by atoms with Crippen LogP contribution in [-0.4, -0.2) is 6.54 Å².